The highest BCUT2D eigenvalue weighted by atomic mass is 16.5. The van der Waals surface area contributed by atoms with Crippen LogP contribution >= 0.6 is 0 Å². The van der Waals surface area contributed by atoms with Crippen LogP contribution in [0.2, 0.25) is 0 Å². The lowest BCUT2D eigenvalue weighted by Crippen LogP contribution is -2.35. The molecule has 208 valence electrons. The van der Waals surface area contributed by atoms with Crippen LogP contribution in [0, 0.1) is 5.92 Å². The summed E-state index contributed by atoms with van der Waals surface area (Å²) in [6.45, 7) is 10.8. The van der Waals surface area contributed by atoms with Crippen LogP contribution in [-0.2, 0) is 9.53 Å². The lowest BCUT2D eigenvalue weighted by atomic mass is 9.98. The largest absolute Gasteiger partial charge is 0.498 e. The molecule has 2 rings (SSSR count). The fourth-order valence-electron chi connectivity index (χ4n) is 4.32. The highest BCUT2D eigenvalue weighted by molar-refractivity contribution is 5.90. The molecule has 0 spiro atoms. The Hall–Kier alpha value is -3.12. The van der Waals surface area contributed by atoms with Crippen LogP contribution in [0.5, 0.6) is 0 Å². The number of nitrogens with one attached hydrogen (secondary N) is 1. The number of anilines is 2. The predicted molar refractivity (Wildman–Crippen MR) is 159 cm³/mol. The highest BCUT2D eigenvalue weighted by Gasteiger charge is 2.21. The van der Waals surface area contributed by atoms with E-state index >= 15 is 0 Å². The zero-order valence-electron chi connectivity index (χ0n) is 23.8. The molecule has 0 aromatic carbocycles. The standard InChI is InChI=1S/C32H47N3O3/c1-5-12-27(13-6-2)14-10-9-11-15-32(37)34-29-16-17-31(33-23-29)35-20-18-28(19-21-35)25-38-30(8-4)22-26(7-3)24-36/h5,7,9-10,12,14,16-17,22-23,28,36H,6,8,11,13,15,18-21,24-25H2,1-4H3,(H,34,37)/b10-9-,12-5-,26-7+,27-14-,30-22+. The van der Waals surface area contributed by atoms with Crippen LogP contribution in [-0.4, -0.2) is 42.3 Å². The van der Waals surface area contributed by atoms with Crippen molar-refractivity contribution in [1.82, 2.24) is 4.98 Å². The fourth-order valence-corrected chi connectivity index (χ4v) is 4.32. The molecule has 1 aromatic rings. The monoisotopic (exact) mass is 521 g/mol. The molecule has 0 saturated carbocycles. The van der Waals surface area contributed by atoms with Crippen molar-refractivity contribution in [2.24, 2.45) is 5.92 Å². The first kappa shape index (κ1) is 31.1. The molecule has 1 aliphatic heterocycles. The third kappa shape index (κ3) is 11.5. The number of aliphatic hydroxyl groups is 1. The average molecular weight is 522 g/mol. The number of aromatic nitrogens is 1. The number of hydrogen-bond donors (Lipinski definition) is 2. The zero-order chi connectivity index (χ0) is 27.6. The maximum Gasteiger partial charge on any atom is 0.224 e. The van der Waals surface area contributed by atoms with E-state index in [4.69, 9.17) is 4.74 Å². The van der Waals surface area contributed by atoms with Crippen LogP contribution in [0.3, 0.4) is 0 Å². The number of nitrogens with zero attached hydrogens (tertiary/aromatic N) is 2. The molecule has 1 saturated heterocycles. The third-order valence-electron chi connectivity index (χ3n) is 6.63. The minimum atomic E-state index is -0.00253. The minimum absolute atomic E-state index is 0.00253. The Morgan fingerprint density at radius 2 is 1.97 bits per heavy atom. The number of rotatable bonds is 15. The summed E-state index contributed by atoms with van der Waals surface area (Å²) >= 11 is 0. The highest BCUT2D eigenvalue weighted by Crippen LogP contribution is 2.24. The smallest absolute Gasteiger partial charge is 0.224 e. The number of aliphatic hydroxyl groups excluding tert-OH is 1. The van der Waals surface area contributed by atoms with Crippen molar-refractivity contribution in [3.8, 4) is 0 Å². The number of amides is 1. The van der Waals surface area contributed by atoms with Gasteiger partial charge >= 0.3 is 0 Å². The second-order valence-corrected chi connectivity index (χ2v) is 9.64. The van der Waals surface area contributed by atoms with Gasteiger partial charge in [0.2, 0.25) is 5.91 Å². The average Bonchev–Trinajstić information content (AvgIpc) is 2.94. The number of allylic oxidation sites excluding steroid dienone is 8. The Morgan fingerprint density at radius 3 is 2.58 bits per heavy atom. The molecular formula is C32H47N3O3. The molecule has 6 nitrogen and oxygen atoms in total. The first-order valence-corrected chi connectivity index (χ1v) is 14.1. The van der Waals surface area contributed by atoms with Crippen molar-refractivity contribution < 1.29 is 14.6 Å². The van der Waals surface area contributed by atoms with E-state index in [0.29, 0.717) is 25.4 Å². The zero-order valence-corrected chi connectivity index (χ0v) is 23.8. The number of piperidine rings is 1. The van der Waals surface area contributed by atoms with E-state index in [1.54, 1.807) is 6.20 Å². The van der Waals surface area contributed by atoms with Crippen LogP contribution in [0.15, 0.2) is 77.8 Å². The number of carbonyl (C=O) groups is 1. The van der Waals surface area contributed by atoms with Gasteiger partial charge in [-0.3, -0.25) is 4.79 Å². The van der Waals surface area contributed by atoms with Crippen LogP contribution in [0.4, 0.5) is 11.5 Å². The minimum Gasteiger partial charge on any atom is -0.498 e. The molecular weight excluding hydrogens is 474 g/mol. The maximum absolute atomic E-state index is 12.3. The van der Waals surface area contributed by atoms with Crippen LogP contribution in [0.25, 0.3) is 0 Å². The topological polar surface area (TPSA) is 74.7 Å². The molecule has 1 amide bonds. The Kier molecular flexibility index (Phi) is 14.9. The summed E-state index contributed by atoms with van der Waals surface area (Å²) in [5, 5.41) is 12.3. The molecule has 2 N–H and O–H groups in total. The molecule has 38 heavy (non-hydrogen) atoms. The van der Waals surface area contributed by atoms with Gasteiger partial charge in [0.25, 0.3) is 0 Å². The van der Waals surface area contributed by atoms with Crippen molar-refractivity contribution in [3.05, 3.63) is 77.8 Å². The van der Waals surface area contributed by atoms with Crippen molar-refractivity contribution >= 4 is 17.4 Å². The van der Waals surface area contributed by atoms with Crippen molar-refractivity contribution in [2.75, 3.05) is 36.5 Å². The lowest BCUT2D eigenvalue weighted by molar-refractivity contribution is -0.116. The second-order valence-electron chi connectivity index (χ2n) is 9.64. The van der Waals surface area contributed by atoms with Gasteiger partial charge in [-0.15, -0.1) is 0 Å². The second kappa shape index (κ2) is 18.2. The van der Waals surface area contributed by atoms with Gasteiger partial charge in [0, 0.05) is 25.9 Å². The van der Waals surface area contributed by atoms with E-state index < -0.39 is 0 Å². The van der Waals surface area contributed by atoms with Crippen LogP contribution < -0.4 is 10.2 Å². The van der Waals surface area contributed by atoms with E-state index in [-0.39, 0.29) is 12.5 Å². The molecule has 1 fully saturated rings. The maximum atomic E-state index is 12.3. The Bertz CT molecular complexity index is 982. The predicted octanol–water partition coefficient (Wildman–Crippen LogP) is 7.12. The summed E-state index contributed by atoms with van der Waals surface area (Å²) in [6.07, 6.45) is 22.2. The molecule has 2 heterocycles. The van der Waals surface area contributed by atoms with E-state index in [0.717, 1.165) is 68.0 Å². The Balaban J connectivity index is 1.75. The molecule has 1 aliphatic rings. The summed E-state index contributed by atoms with van der Waals surface area (Å²) in [4.78, 5) is 19.2. The fraction of sp³-hybridized carbons (Fsp3) is 0.500. The molecule has 0 bridgehead atoms. The SMILES string of the molecule is C\C=C/C(=C/C=C\CCC(=O)Nc1ccc(N2CCC(CO/C(=C/C(=C\C)CO)CC)CC2)nc1)CCC. The van der Waals surface area contributed by atoms with Crippen molar-refractivity contribution in [3.63, 3.8) is 0 Å². The van der Waals surface area contributed by atoms with Gasteiger partial charge < -0.3 is 20.1 Å². The Morgan fingerprint density at radius 1 is 1.18 bits per heavy atom. The summed E-state index contributed by atoms with van der Waals surface area (Å²) in [5.74, 6) is 2.37. The van der Waals surface area contributed by atoms with Gasteiger partial charge in [-0.2, -0.15) is 0 Å². The van der Waals surface area contributed by atoms with Crippen LogP contribution in [0.1, 0.15) is 72.6 Å². The quantitative estimate of drug-likeness (QED) is 0.190. The van der Waals surface area contributed by atoms with Gasteiger partial charge in [0.05, 0.1) is 30.9 Å². The Labute approximate surface area is 229 Å². The molecule has 0 aliphatic carbocycles. The van der Waals surface area contributed by atoms with Gasteiger partial charge in [-0.25, -0.2) is 4.98 Å². The normalized spacial score (nSPS) is 16.0. The summed E-state index contributed by atoms with van der Waals surface area (Å²) in [7, 11) is 0. The summed E-state index contributed by atoms with van der Waals surface area (Å²) in [6, 6.07) is 3.92. The van der Waals surface area contributed by atoms with E-state index in [2.05, 4.69) is 47.3 Å². The van der Waals surface area contributed by atoms with Gasteiger partial charge in [-0.05, 0) is 74.8 Å². The van der Waals surface area contributed by atoms with Crippen molar-refractivity contribution in [2.45, 2.75) is 72.6 Å². The number of carbonyl (C=O) groups excluding carboxylic acids is 1. The number of ether oxygens (including phenoxy) is 1. The van der Waals surface area contributed by atoms with Crippen molar-refractivity contribution in [1.29, 1.82) is 0 Å². The van der Waals surface area contributed by atoms with E-state index in [1.807, 2.05) is 50.3 Å². The lowest BCUT2D eigenvalue weighted by Gasteiger charge is -2.33. The molecule has 0 radical (unpaired) electrons. The number of pyridine rings is 1. The van der Waals surface area contributed by atoms with Gasteiger partial charge in [0.15, 0.2) is 0 Å². The molecule has 0 unspecified atom stereocenters. The first-order chi connectivity index (χ1) is 18.5. The first-order valence-electron chi connectivity index (χ1n) is 14.1. The molecule has 6 heteroatoms. The molecule has 1 aromatic heterocycles. The van der Waals surface area contributed by atoms with Gasteiger partial charge in [0.1, 0.15) is 5.82 Å². The van der Waals surface area contributed by atoms with E-state index in [1.165, 1.54) is 5.57 Å². The number of hydrogen-bond acceptors (Lipinski definition) is 5. The molecule has 0 atom stereocenters. The van der Waals surface area contributed by atoms with E-state index in [9.17, 15) is 9.90 Å². The third-order valence-corrected chi connectivity index (χ3v) is 6.63. The summed E-state index contributed by atoms with van der Waals surface area (Å²) in [5.41, 5.74) is 2.92. The van der Waals surface area contributed by atoms with Gasteiger partial charge in [-0.1, -0.05) is 56.7 Å². The summed E-state index contributed by atoms with van der Waals surface area (Å²) < 4.78 is 6.06.